The molecule has 5 rings (SSSR count). The third-order valence-electron chi connectivity index (χ3n) is 9.09. The van der Waals surface area contributed by atoms with Gasteiger partial charge in [0.25, 0.3) is 5.91 Å². The Kier molecular flexibility index (Phi) is 12.5. The van der Waals surface area contributed by atoms with Crippen LogP contribution in [0.3, 0.4) is 0 Å². The molecule has 252 valence electrons. The molecule has 6 heteroatoms. The highest BCUT2D eigenvalue weighted by atomic mass is 16.2. The van der Waals surface area contributed by atoms with Gasteiger partial charge < -0.3 is 10.6 Å². The highest BCUT2D eigenvalue weighted by molar-refractivity contribution is 6.33. The fourth-order valence-electron chi connectivity index (χ4n) is 6.28. The number of rotatable bonds is 16. The predicted octanol–water partition coefficient (Wildman–Crippen LogP) is 10.0. The zero-order valence-electron chi connectivity index (χ0n) is 28.6. The van der Waals surface area contributed by atoms with Crippen LogP contribution >= 0.6 is 0 Å². The van der Waals surface area contributed by atoms with Crippen molar-refractivity contribution >= 4 is 40.8 Å². The van der Waals surface area contributed by atoms with Gasteiger partial charge in [-0.15, -0.1) is 0 Å². The van der Waals surface area contributed by atoms with Crippen molar-refractivity contribution in [1.29, 1.82) is 0 Å². The van der Waals surface area contributed by atoms with E-state index in [9.17, 15) is 19.2 Å². The van der Waals surface area contributed by atoms with E-state index in [0.29, 0.717) is 5.56 Å². The van der Waals surface area contributed by atoms with Gasteiger partial charge in [-0.2, -0.15) is 0 Å². The number of benzene rings is 4. The van der Waals surface area contributed by atoms with Crippen LogP contribution in [0, 0.1) is 0 Å². The molecule has 0 bridgehead atoms. The van der Waals surface area contributed by atoms with Gasteiger partial charge in [-0.3, -0.25) is 19.2 Å². The first-order chi connectivity index (χ1) is 23.9. The van der Waals surface area contributed by atoms with E-state index in [4.69, 9.17) is 0 Å². The van der Waals surface area contributed by atoms with Crippen molar-refractivity contribution in [2.24, 2.45) is 0 Å². The molecule has 0 unspecified atom stereocenters. The van der Waals surface area contributed by atoms with Crippen LogP contribution in [0.1, 0.15) is 131 Å². The molecule has 0 aromatic heterocycles. The Morgan fingerprint density at radius 2 is 1.06 bits per heavy atom. The largest absolute Gasteiger partial charge is 0.322 e. The van der Waals surface area contributed by atoms with E-state index in [0.717, 1.165) is 24.8 Å². The number of carbonyl (C=O) groups excluding carboxylic acids is 4. The molecule has 2 amide bonds. The zero-order valence-corrected chi connectivity index (χ0v) is 28.6. The van der Waals surface area contributed by atoms with Crippen molar-refractivity contribution in [3.63, 3.8) is 0 Å². The van der Waals surface area contributed by atoms with E-state index < -0.39 is 11.7 Å². The summed E-state index contributed by atoms with van der Waals surface area (Å²) in [4.78, 5) is 54.1. The van der Waals surface area contributed by atoms with Crippen LogP contribution in [0.5, 0.6) is 0 Å². The lowest BCUT2D eigenvalue weighted by molar-refractivity contribution is -0.111. The minimum atomic E-state index is -0.437. The smallest absolute Gasteiger partial charge is 0.255 e. The van der Waals surface area contributed by atoms with Gasteiger partial charge in [0.05, 0.1) is 22.5 Å². The molecule has 1 aliphatic rings. The Labute approximate surface area is 290 Å². The Bertz CT molecular complexity index is 1820. The summed E-state index contributed by atoms with van der Waals surface area (Å²) in [5.74, 6) is -1.60. The van der Waals surface area contributed by atoms with Gasteiger partial charge in [0.15, 0.2) is 11.6 Å². The molecule has 0 saturated carbocycles. The summed E-state index contributed by atoms with van der Waals surface area (Å²) < 4.78 is 0. The lowest BCUT2D eigenvalue weighted by atomic mass is 9.82. The number of anilines is 2. The number of unbranched alkanes of at least 4 members (excludes halogenated alkanes) is 7. The molecule has 0 heterocycles. The molecule has 0 saturated heterocycles. The summed E-state index contributed by atoms with van der Waals surface area (Å²) in [5, 5.41) is 5.67. The van der Waals surface area contributed by atoms with Crippen LogP contribution in [0.15, 0.2) is 91.0 Å². The molecule has 2 N–H and O–H groups in total. The standard InChI is InChI=1S/C43H46N2O4/c1-3-5-7-9-11-15-30-18-20-32(21-19-30)24-29-38(46)44-36-27-28-37(40-39(36)41(47)34-16-12-13-17-35(34)42(40)48)45-43(49)33-25-22-31(23-26-33)14-10-8-6-4-2/h12-13,16-29H,3-11,14-15H2,1-2H3,(H,44,46)(H,45,49)/b29-24+. The normalized spacial score (nSPS) is 12.1. The second-order valence-electron chi connectivity index (χ2n) is 12.8. The summed E-state index contributed by atoms with van der Waals surface area (Å²) in [6.45, 7) is 4.40. The fourth-order valence-corrected chi connectivity index (χ4v) is 6.28. The van der Waals surface area contributed by atoms with E-state index in [1.165, 1.54) is 68.6 Å². The van der Waals surface area contributed by atoms with E-state index in [2.05, 4.69) is 36.6 Å². The first-order valence-corrected chi connectivity index (χ1v) is 17.7. The second kappa shape index (κ2) is 17.3. The van der Waals surface area contributed by atoms with Gasteiger partial charge in [-0.1, -0.05) is 119 Å². The summed E-state index contributed by atoms with van der Waals surface area (Å²) in [6, 6.07) is 25.4. The molecule has 0 aliphatic heterocycles. The second-order valence-corrected chi connectivity index (χ2v) is 12.8. The maximum atomic E-state index is 13.8. The third kappa shape index (κ3) is 9.08. The monoisotopic (exact) mass is 654 g/mol. The van der Waals surface area contributed by atoms with Gasteiger partial charge in [0.2, 0.25) is 5.91 Å². The quantitative estimate of drug-likeness (QED) is 0.0818. The van der Waals surface area contributed by atoms with E-state index in [1.54, 1.807) is 54.6 Å². The molecule has 0 atom stereocenters. The van der Waals surface area contributed by atoms with Crippen LogP contribution in [0.4, 0.5) is 11.4 Å². The summed E-state index contributed by atoms with van der Waals surface area (Å²) >= 11 is 0. The average molecular weight is 655 g/mol. The maximum absolute atomic E-state index is 13.8. The molecule has 0 fully saturated rings. The first kappa shape index (κ1) is 35.2. The van der Waals surface area contributed by atoms with Crippen LogP contribution in [0.2, 0.25) is 0 Å². The van der Waals surface area contributed by atoms with Gasteiger partial charge >= 0.3 is 0 Å². The minimum Gasteiger partial charge on any atom is -0.322 e. The van der Waals surface area contributed by atoms with Gasteiger partial charge in [-0.05, 0) is 72.7 Å². The Hall–Kier alpha value is -5.10. The number of aryl methyl sites for hydroxylation is 2. The lowest BCUT2D eigenvalue weighted by Crippen LogP contribution is -2.26. The molecule has 0 spiro atoms. The van der Waals surface area contributed by atoms with Gasteiger partial charge in [-0.25, -0.2) is 0 Å². The van der Waals surface area contributed by atoms with E-state index in [-0.39, 0.29) is 45.3 Å². The number of nitrogens with one attached hydrogen (secondary N) is 2. The Morgan fingerprint density at radius 3 is 1.61 bits per heavy atom. The number of carbonyl (C=O) groups is 4. The topological polar surface area (TPSA) is 92.3 Å². The minimum absolute atomic E-state index is 0.0639. The average Bonchev–Trinajstić information content (AvgIpc) is 3.12. The van der Waals surface area contributed by atoms with Gasteiger partial charge in [0.1, 0.15) is 0 Å². The van der Waals surface area contributed by atoms with E-state index >= 15 is 0 Å². The van der Waals surface area contributed by atoms with Crippen molar-refractivity contribution in [2.75, 3.05) is 10.6 Å². The summed E-state index contributed by atoms with van der Waals surface area (Å²) in [7, 11) is 0. The number of amides is 2. The first-order valence-electron chi connectivity index (χ1n) is 17.7. The maximum Gasteiger partial charge on any atom is 0.255 e. The predicted molar refractivity (Wildman–Crippen MR) is 199 cm³/mol. The van der Waals surface area contributed by atoms with Crippen LogP contribution in [-0.4, -0.2) is 23.4 Å². The van der Waals surface area contributed by atoms with Gasteiger partial charge in [0, 0.05) is 22.8 Å². The molecule has 49 heavy (non-hydrogen) atoms. The fraction of sp³-hybridized carbons (Fsp3) is 0.302. The molecular weight excluding hydrogens is 608 g/mol. The molecule has 0 radical (unpaired) electrons. The van der Waals surface area contributed by atoms with Crippen LogP contribution in [-0.2, 0) is 17.6 Å². The number of hydrogen-bond donors (Lipinski definition) is 2. The number of hydrogen-bond acceptors (Lipinski definition) is 4. The number of fused-ring (bicyclic) bond motifs is 2. The number of ketones is 2. The molecule has 1 aliphatic carbocycles. The highest BCUT2D eigenvalue weighted by Gasteiger charge is 2.34. The van der Waals surface area contributed by atoms with E-state index in [1.807, 2.05) is 24.3 Å². The summed E-state index contributed by atoms with van der Waals surface area (Å²) in [5.41, 5.74) is 4.85. The SMILES string of the molecule is CCCCCCCc1ccc(/C=C/C(=O)Nc2ccc(NC(=O)c3ccc(CCCCCC)cc3)c3c2C(=O)c2ccccc2C3=O)cc1. The Morgan fingerprint density at radius 1 is 0.571 bits per heavy atom. The molecule has 4 aromatic rings. The molecule has 4 aromatic carbocycles. The van der Waals surface area contributed by atoms with Crippen molar-refractivity contribution in [3.05, 3.63) is 136 Å². The van der Waals surface area contributed by atoms with Crippen molar-refractivity contribution < 1.29 is 19.2 Å². The van der Waals surface area contributed by atoms with Crippen LogP contribution in [0.25, 0.3) is 6.08 Å². The molecule has 6 nitrogen and oxygen atoms in total. The third-order valence-corrected chi connectivity index (χ3v) is 9.09. The van der Waals surface area contributed by atoms with Crippen molar-refractivity contribution in [3.8, 4) is 0 Å². The Balaban J connectivity index is 1.32. The summed E-state index contributed by atoms with van der Waals surface area (Å²) in [6.07, 6.45) is 16.0. The molecular formula is C43H46N2O4. The van der Waals surface area contributed by atoms with Crippen LogP contribution < -0.4 is 10.6 Å². The van der Waals surface area contributed by atoms with Crippen molar-refractivity contribution in [1.82, 2.24) is 0 Å². The zero-order chi connectivity index (χ0) is 34.6. The lowest BCUT2D eigenvalue weighted by Gasteiger charge is -2.23. The van der Waals surface area contributed by atoms with Crippen molar-refractivity contribution in [2.45, 2.75) is 84.5 Å². The highest BCUT2D eigenvalue weighted by Crippen LogP contribution is 2.37.